The number of benzene rings is 1. The van der Waals surface area contributed by atoms with E-state index in [-0.39, 0.29) is 5.52 Å². The molecule has 2 nitrogen and oxygen atoms in total. The fourth-order valence-corrected chi connectivity index (χ4v) is 3.39. The van der Waals surface area contributed by atoms with Crippen LogP contribution < -0.4 is 0 Å². The monoisotopic (exact) mass is 326 g/mol. The Balaban J connectivity index is 2.18. The van der Waals surface area contributed by atoms with Gasteiger partial charge in [0, 0.05) is 18.4 Å². The molecule has 0 aliphatic heterocycles. The highest BCUT2D eigenvalue weighted by molar-refractivity contribution is 7.08. The minimum absolute atomic E-state index is 0.199. The first-order valence-electron chi connectivity index (χ1n) is 6.52. The topological polar surface area (TPSA) is 17.8 Å². The van der Waals surface area contributed by atoms with Gasteiger partial charge in [-0.3, -0.25) is 0 Å². The van der Waals surface area contributed by atoms with Crippen LogP contribution in [0.2, 0.25) is 0 Å². The molecule has 2 aromatic heterocycles. The zero-order chi connectivity index (χ0) is 15.0. The Morgan fingerprint density at radius 1 is 1.29 bits per heavy atom. The van der Waals surface area contributed by atoms with Gasteiger partial charge in [-0.25, -0.2) is 13.8 Å². The molecule has 0 radical (unpaired) electrons. The summed E-state index contributed by atoms with van der Waals surface area (Å²) < 4.78 is 29.3. The average Bonchev–Trinajstić information content (AvgIpc) is 2.97. The Hall–Kier alpha value is -1.46. The van der Waals surface area contributed by atoms with Crippen LogP contribution in [0.4, 0.5) is 8.78 Å². The van der Waals surface area contributed by atoms with Gasteiger partial charge in [0.2, 0.25) is 0 Å². The summed E-state index contributed by atoms with van der Waals surface area (Å²) in [6.07, 6.45) is 0.514. The molecule has 2 heterocycles. The summed E-state index contributed by atoms with van der Waals surface area (Å²) in [6.45, 7) is 2.56. The molecule has 0 saturated heterocycles. The van der Waals surface area contributed by atoms with E-state index in [1.54, 1.807) is 11.3 Å². The molecule has 6 heteroatoms. The van der Waals surface area contributed by atoms with Crippen molar-refractivity contribution < 1.29 is 8.78 Å². The Bertz CT molecular complexity index is 794. The average molecular weight is 327 g/mol. The van der Waals surface area contributed by atoms with Crippen molar-refractivity contribution in [3.05, 3.63) is 51.5 Å². The fraction of sp³-hybridized carbons (Fsp3) is 0.267. The Kier molecular flexibility index (Phi) is 3.95. The lowest BCUT2D eigenvalue weighted by Crippen LogP contribution is -2.06. The number of hydrogen-bond donors (Lipinski definition) is 0. The van der Waals surface area contributed by atoms with E-state index >= 15 is 0 Å². The van der Waals surface area contributed by atoms with Crippen molar-refractivity contribution >= 4 is 34.0 Å². The summed E-state index contributed by atoms with van der Waals surface area (Å²) in [6, 6.07) is 2.19. The third-order valence-corrected chi connectivity index (χ3v) is 4.56. The second-order valence-electron chi connectivity index (χ2n) is 4.89. The lowest BCUT2D eigenvalue weighted by molar-refractivity contribution is 0.590. The van der Waals surface area contributed by atoms with Gasteiger partial charge < -0.3 is 4.57 Å². The highest BCUT2D eigenvalue weighted by Crippen LogP contribution is 2.24. The second-order valence-corrected chi connectivity index (χ2v) is 6.01. The summed E-state index contributed by atoms with van der Waals surface area (Å²) in [5.41, 5.74) is 2.96. The summed E-state index contributed by atoms with van der Waals surface area (Å²) in [7, 11) is 0. The molecule has 1 aromatic carbocycles. The molecule has 0 saturated carbocycles. The van der Waals surface area contributed by atoms with Crippen molar-refractivity contribution in [1.82, 2.24) is 9.55 Å². The molecule has 0 bridgehead atoms. The van der Waals surface area contributed by atoms with E-state index in [9.17, 15) is 8.78 Å². The number of fused-ring (bicyclic) bond motifs is 1. The van der Waals surface area contributed by atoms with Gasteiger partial charge in [0.1, 0.15) is 17.2 Å². The van der Waals surface area contributed by atoms with Gasteiger partial charge in [-0.1, -0.05) is 0 Å². The van der Waals surface area contributed by atoms with Gasteiger partial charge in [0.25, 0.3) is 0 Å². The van der Waals surface area contributed by atoms with Crippen LogP contribution in [0.25, 0.3) is 11.0 Å². The Labute approximate surface area is 130 Å². The summed E-state index contributed by atoms with van der Waals surface area (Å²) in [5, 5.41) is 4.10. The number of aromatic nitrogens is 2. The molecule has 0 fully saturated rings. The van der Waals surface area contributed by atoms with Gasteiger partial charge >= 0.3 is 0 Å². The van der Waals surface area contributed by atoms with E-state index in [0.717, 1.165) is 17.2 Å². The van der Waals surface area contributed by atoms with Crippen molar-refractivity contribution in [2.24, 2.45) is 0 Å². The minimum Gasteiger partial charge on any atom is -0.323 e. The lowest BCUT2D eigenvalue weighted by atomic mass is 10.2. The van der Waals surface area contributed by atoms with Crippen molar-refractivity contribution in [3.63, 3.8) is 0 Å². The molecule has 0 amide bonds. The molecule has 0 N–H and O–H groups in total. The summed E-state index contributed by atoms with van der Waals surface area (Å²) >= 11 is 7.41. The van der Waals surface area contributed by atoms with Crippen molar-refractivity contribution in [1.29, 1.82) is 0 Å². The van der Waals surface area contributed by atoms with Crippen LogP contribution in [0.3, 0.4) is 0 Å². The van der Waals surface area contributed by atoms with Crippen LogP contribution in [0.5, 0.6) is 0 Å². The quantitative estimate of drug-likeness (QED) is 0.645. The predicted molar refractivity (Wildman–Crippen MR) is 82.2 cm³/mol. The van der Waals surface area contributed by atoms with Crippen LogP contribution in [-0.4, -0.2) is 15.4 Å². The second kappa shape index (κ2) is 5.73. The molecule has 3 aromatic rings. The van der Waals surface area contributed by atoms with Gasteiger partial charge in [-0.2, -0.15) is 11.3 Å². The Morgan fingerprint density at radius 2 is 2.10 bits per heavy atom. The van der Waals surface area contributed by atoms with E-state index in [2.05, 4.69) is 10.4 Å². The molecule has 0 unspecified atom stereocenters. The third kappa shape index (κ3) is 2.68. The number of imidazole rings is 1. The van der Waals surface area contributed by atoms with Crippen LogP contribution in [-0.2, 0) is 13.0 Å². The number of thiophene rings is 1. The highest BCUT2D eigenvalue weighted by atomic mass is 35.5. The normalized spacial score (nSPS) is 11.4. The highest BCUT2D eigenvalue weighted by Gasteiger charge is 2.16. The number of halogens is 3. The smallest absolute Gasteiger partial charge is 0.153 e. The minimum atomic E-state index is -0.637. The standard InChI is InChI=1S/C15H13ClF2N2S/c1-9-7-21-8-10(9)6-20-13-5-11(17)4-12(18)15(13)19-14(20)2-3-16/h4-5,7-8H,2-3,6H2,1H3. The molecule has 3 rings (SSSR count). The summed E-state index contributed by atoms with van der Waals surface area (Å²) in [5.74, 6) is -0.173. The number of aryl methyl sites for hydroxylation is 2. The molecular weight excluding hydrogens is 314 g/mol. The molecule has 0 aliphatic rings. The van der Waals surface area contributed by atoms with Crippen molar-refractivity contribution in [2.75, 3.05) is 5.88 Å². The van der Waals surface area contributed by atoms with E-state index in [1.165, 1.54) is 6.07 Å². The van der Waals surface area contributed by atoms with E-state index < -0.39 is 11.6 Å². The molecule has 110 valence electrons. The fourth-order valence-electron chi connectivity index (χ4n) is 2.37. The number of nitrogens with zero attached hydrogens (tertiary/aromatic N) is 2. The summed E-state index contributed by atoms with van der Waals surface area (Å²) in [4.78, 5) is 4.29. The molecular formula is C15H13ClF2N2S. The molecule has 0 atom stereocenters. The number of rotatable bonds is 4. The lowest BCUT2D eigenvalue weighted by Gasteiger charge is -2.08. The Morgan fingerprint density at radius 3 is 2.76 bits per heavy atom. The van der Waals surface area contributed by atoms with Crippen LogP contribution in [0.1, 0.15) is 17.0 Å². The van der Waals surface area contributed by atoms with Crippen molar-refractivity contribution in [2.45, 2.75) is 19.9 Å². The molecule has 0 aliphatic carbocycles. The maximum Gasteiger partial charge on any atom is 0.153 e. The SMILES string of the molecule is Cc1cscc1Cn1c(CCCl)nc2c(F)cc(F)cc21. The zero-order valence-corrected chi connectivity index (χ0v) is 12.9. The zero-order valence-electron chi connectivity index (χ0n) is 11.4. The predicted octanol–water partition coefficient (Wildman–Crippen LogP) is 4.51. The maximum atomic E-state index is 13.9. The molecule has 0 spiro atoms. The number of hydrogen-bond acceptors (Lipinski definition) is 2. The van der Waals surface area contributed by atoms with Crippen LogP contribution in [0, 0.1) is 18.6 Å². The van der Waals surface area contributed by atoms with E-state index in [4.69, 9.17) is 11.6 Å². The first-order valence-corrected chi connectivity index (χ1v) is 7.99. The van der Waals surface area contributed by atoms with Crippen LogP contribution in [0.15, 0.2) is 22.9 Å². The van der Waals surface area contributed by atoms with Gasteiger partial charge in [0.15, 0.2) is 5.82 Å². The maximum absolute atomic E-state index is 13.9. The largest absolute Gasteiger partial charge is 0.323 e. The van der Waals surface area contributed by atoms with E-state index in [1.807, 2.05) is 16.9 Å². The van der Waals surface area contributed by atoms with Crippen LogP contribution >= 0.6 is 22.9 Å². The molecule has 21 heavy (non-hydrogen) atoms. The van der Waals surface area contributed by atoms with Crippen molar-refractivity contribution in [3.8, 4) is 0 Å². The number of alkyl halides is 1. The van der Waals surface area contributed by atoms with Gasteiger partial charge in [-0.05, 0) is 34.9 Å². The first-order chi connectivity index (χ1) is 10.1. The third-order valence-electron chi connectivity index (χ3n) is 3.46. The first kappa shape index (κ1) is 14.5. The van der Waals surface area contributed by atoms with Gasteiger partial charge in [0.05, 0.1) is 12.1 Å². The van der Waals surface area contributed by atoms with E-state index in [0.29, 0.717) is 30.2 Å². The van der Waals surface area contributed by atoms with Gasteiger partial charge in [-0.15, -0.1) is 11.6 Å².